The number of nitrogens with zero attached hydrogens (tertiary/aromatic N) is 6. The summed E-state index contributed by atoms with van der Waals surface area (Å²) in [6.45, 7) is 4.26. The Morgan fingerprint density at radius 2 is 1.97 bits per heavy atom. The smallest absolute Gasteiger partial charge is 0.357 e. The van der Waals surface area contributed by atoms with Gasteiger partial charge in [-0.05, 0) is 50.6 Å². The molecule has 0 amide bonds. The summed E-state index contributed by atoms with van der Waals surface area (Å²) in [4.78, 5) is 39.1. The first-order valence-electron chi connectivity index (χ1n) is 11.8. The number of carbonyl (C=O) groups excluding carboxylic acids is 1. The van der Waals surface area contributed by atoms with Crippen molar-refractivity contribution in [3.05, 3.63) is 70.3 Å². The molecule has 1 fully saturated rings. The summed E-state index contributed by atoms with van der Waals surface area (Å²) >= 11 is 1.39. The van der Waals surface area contributed by atoms with Gasteiger partial charge in [0.15, 0.2) is 11.5 Å². The monoisotopic (exact) mass is 502 g/mol. The zero-order valence-corrected chi connectivity index (χ0v) is 20.7. The summed E-state index contributed by atoms with van der Waals surface area (Å²) in [6.07, 6.45) is 5.94. The molecule has 0 spiro atoms. The van der Waals surface area contributed by atoms with Crippen LogP contribution in [0.5, 0.6) is 0 Å². The number of hydrogen-bond acceptors (Lipinski definition) is 11. The predicted molar refractivity (Wildman–Crippen MR) is 136 cm³/mol. The number of piperidine rings is 1. The zero-order valence-electron chi connectivity index (χ0n) is 19.8. The summed E-state index contributed by atoms with van der Waals surface area (Å²) in [5.74, 6) is 2.28. The van der Waals surface area contributed by atoms with Gasteiger partial charge in [-0.2, -0.15) is 0 Å². The molecule has 4 aromatic heterocycles. The zero-order chi connectivity index (χ0) is 24.7. The van der Waals surface area contributed by atoms with Crippen LogP contribution >= 0.6 is 11.3 Å². The maximum Gasteiger partial charge on any atom is 0.357 e. The van der Waals surface area contributed by atoms with Crippen LogP contribution in [0.1, 0.15) is 39.9 Å². The number of aryl methyl sites for hydroxylation is 1. The van der Waals surface area contributed by atoms with Crippen molar-refractivity contribution in [3.8, 4) is 11.5 Å². The Morgan fingerprint density at radius 3 is 2.81 bits per heavy atom. The first-order chi connectivity index (χ1) is 17.6. The van der Waals surface area contributed by atoms with Crippen molar-refractivity contribution in [2.75, 3.05) is 25.0 Å². The van der Waals surface area contributed by atoms with Gasteiger partial charge in [0.05, 0.1) is 13.0 Å². The van der Waals surface area contributed by atoms with E-state index in [4.69, 9.17) is 4.74 Å². The lowest BCUT2D eigenvalue weighted by molar-refractivity contribution is 0.0415. The van der Waals surface area contributed by atoms with Gasteiger partial charge in [-0.3, -0.25) is 0 Å². The second-order valence-corrected chi connectivity index (χ2v) is 9.47. The molecule has 0 radical (unpaired) electrons. The van der Waals surface area contributed by atoms with E-state index in [1.54, 1.807) is 29.9 Å². The maximum atomic E-state index is 12.4. The summed E-state index contributed by atoms with van der Waals surface area (Å²) in [7, 11) is 0. The number of anilines is 2. The summed E-state index contributed by atoms with van der Waals surface area (Å²) in [6, 6.07) is 9.26. The van der Waals surface area contributed by atoms with Crippen molar-refractivity contribution in [2.45, 2.75) is 26.2 Å². The highest BCUT2D eigenvalue weighted by Crippen LogP contribution is 2.19. The fourth-order valence-electron chi connectivity index (χ4n) is 3.86. The summed E-state index contributed by atoms with van der Waals surface area (Å²) in [5, 5.41) is 8.99. The normalized spacial score (nSPS) is 15.4. The molecule has 4 aromatic rings. The average molecular weight is 503 g/mol. The average Bonchev–Trinajstić information content (AvgIpc) is 3.37. The highest BCUT2D eigenvalue weighted by molar-refractivity contribution is 7.09. The van der Waals surface area contributed by atoms with Gasteiger partial charge in [0.25, 0.3) is 0 Å². The molecule has 1 aliphatic rings. The fourth-order valence-corrected chi connectivity index (χ4v) is 4.62. The van der Waals surface area contributed by atoms with Gasteiger partial charge < -0.3 is 15.4 Å². The van der Waals surface area contributed by atoms with Crippen molar-refractivity contribution in [2.24, 2.45) is 5.92 Å². The van der Waals surface area contributed by atoms with Gasteiger partial charge in [0, 0.05) is 35.9 Å². The van der Waals surface area contributed by atoms with E-state index in [0.29, 0.717) is 53.6 Å². The second kappa shape index (κ2) is 11.3. The minimum atomic E-state index is -0.387. The number of esters is 1. The molecule has 0 bridgehead atoms. The lowest BCUT2D eigenvalue weighted by atomic mass is 10.0. The van der Waals surface area contributed by atoms with Gasteiger partial charge in [0.2, 0.25) is 0 Å². The third-order valence-electron chi connectivity index (χ3n) is 5.65. The number of nitrogens with one attached hydrogen (secondary N) is 2. The highest BCUT2D eigenvalue weighted by atomic mass is 32.1. The molecular weight excluding hydrogens is 476 g/mol. The number of rotatable bonds is 8. The largest absolute Gasteiger partial charge is 0.461 e. The van der Waals surface area contributed by atoms with Crippen LogP contribution in [0.15, 0.2) is 48.1 Å². The highest BCUT2D eigenvalue weighted by Gasteiger charge is 2.18. The predicted octanol–water partition coefficient (Wildman–Crippen LogP) is 3.58. The standard InChI is InChI=1S/C25H26N8O2S/c1-16-4-2-6-18(29-16)24-28-11-8-21(33-24)31-20-7-10-27-22(32-20)12-23-30-19(15-36-23)25(34)35-14-17-5-3-9-26-13-17/h2,4,6-8,10-11,15,17,26H,3,5,9,12-14H2,1H3,(H,27,28,31,32,33)/t17-/m1/s1. The lowest BCUT2D eigenvalue weighted by Gasteiger charge is -2.21. The summed E-state index contributed by atoms with van der Waals surface area (Å²) in [5.41, 5.74) is 1.93. The van der Waals surface area contributed by atoms with Crippen molar-refractivity contribution < 1.29 is 9.53 Å². The number of pyridine rings is 1. The van der Waals surface area contributed by atoms with E-state index in [2.05, 4.69) is 40.5 Å². The van der Waals surface area contributed by atoms with Crippen LogP contribution in [0.2, 0.25) is 0 Å². The molecule has 184 valence electrons. The molecule has 1 saturated heterocycles. The van der Waals surface area contributed by atoms with Gasteiger partial charge in [-0.15, -0.1) is 11.3 Å². The van der Waals surface area contributed by atoms with Crippen molar-refractivity contribution >= 4 is 28.9 Å². The molecule has 0 unspecified atom stereocenters. The van der Waals surface area contributed by atoms with Crippen molar-refractivity contribution in [1.29, 1.82) is 0 Å². The first kappa shape index (κ1) is 23.9. The molecule has 0 aliphatic carbocycles. The van der Waals surface area contributed by atoms with Crippen LogP contribution in [0.4, 0.5) is 11.6 Å². The molecule has 10 nitrogen and oxygen atoms in total. The van der Waals surface area contributed by atoms with Crippen molar-refractivity contribution in [3.63, 3.8) is 0 Å². The number of carbonyl (C=O) groups is 1. The molecule has 1 aliphatic heterocycles. The fraction of sp³-hybridized carbons (Fsp3) is 0.320. The molecule has 11 heteroatoms. The van der Waals surface area contributed by atoms with Crippen LogP contribution in [0.25, 0.3) is 11.5 Å². The van der Waals surface area contributed by atoms with Crippen LogP contribution in [0, 0.1) is 12.8 Å². The van der Waals surface area contributed by atoms with Crippen LogP contribution in [-0.4, -0.2) is 55.6 Å². The van der Waals surface area contributed by atoms with E-state index < -0.39 is 0 Å². The Morgan fingerprint density at radius 1 is 1.11 bits per heavy atom. The third kappa shape index (κ3) is 6.23. The number of thiazole rings is 1. The molecule has 5 rings (SSSR count). The van der Waals surface area contributed by atoms with Crippen LogP contribution < -0.4 is 10.6 Å². The van der Waals surface area contributed by atoms with E-state index in [-0.39, 0.29) is 5.97 Å². The van der Waals surface area contributed by atoms with Crippen molar-refractivity contribution in [1.82, 2.24) is 35.2 Å². The van der Waals surface area contributed by atoms with Gasteiger partial charge in [-0.1, -0.05) is 6.07 Å². The first-order valence-corrected chi connectivity index (χ1v) is 12.7. The van der Waals surface area contributed by atoms with Crippen LogP contribution in [0.3, 0.4) is 0 Å². The molecule has 0 saturated carbocycles. The minimum absolute atomic E-state index is 0.325. The van der Waals surface area contributed by atoms with E-state index >= 15 is 0 Å². The Bertz CT molecular complexity index is 1340. The molecular formula is C25H26N8O2S. The van der Waals surface area contributed by atoms with E-state index in [1.807, 2.05) is 25.1 Å². The maximum absolute atomic E-state index is 12.4. The topological polar surface area (TPSA) is 128 Å². The molecule has 1 atom stereocenters. The number of ether oxygens (including phenoxy) is 1. The Labute approximate surface area is 212 Å². The summed E-state index contributed by atoms with van der Waals surface area (Å²) < 4.78 is 5.47. The Balaban J connectivity index is 1.21. The number of hydrogen-bond donors (Lipinski definition) is 2. The lowest BCUT2D eigenvalue weighted by Crippen LogP contribution is -2.32. The third-order valence-corrected chi connectivity index (χ3v) is 6.50. The van der Waals surface area contributed by atoms with Gasteiger partial charge in [0.1, 0.15) is 28.2 Å². The van der Waals surface area contributed by atoms with Crippen LogP contribution in [-0.2, 0) is 11.2 Å². The van der Waals surface area contributed by atoms with E-state index in [9.17, 15) is 4.79 Å². The Kier molecular flexibility index (Phi) is 7.48. The molecule has 5 heterocycles. The Hall–Kier alpha value is -3.83. The molecule has 2 N–H and O–H groups in total. The van der Waals surface area contributed by atoms with Gasteiger partial charge in [-0.25, -0.2) is 34.7 Å². The van der Waals surface area contributed by atoms with E-state index in [1.165, 1.54) is 11.3 Å². The molecule has 36 heavy (non-hydrogen) atoms. The quantitative estimate of drug-likeness (QED) is 0.345. The van der Waals surface area contributed by atoms with E-state index in [0.717, 1.165) is 36.6 Å². The minimum Gasteiger partial charge on any atom is -0.461 e. The number of aromatic nitrogens is 6. The molecule has 0 aromatic carbocycles. The van der Waals surface area contributed by atoms with Gasteiger partial charge >= 0.3 is 5.97 Å². The second-order valence-electron chi connectivity index (χ2n) is 8.53. The SMILES string of the molecule is Cc1cccc(-c2nccc(Nc3ccnc(Cc4nc(C(=O)OC[C@@H]5CCCNC5)cs4)n3)n2)n1.